The van der Waals surface area contributed by atoms with Crippen LogP contribution in [0, 0.1) is 11.3 Å². The molecule has 0 unspecified atom stereocenters. The highest BCUT2D eigenvalue weighted by molar-refractivity contribution is 5.78. The molecule has 0 heterocycles. The predicted octanol–water partition coefficient (Wildman–Crippen LogP) is 2.32. The Morgan fingerprint density at radius 3 is 2.41 bits per heavy atom. The second kappa shape index (κ2) is 6.39. The third-order valence-electron chi connectivity index (χ3n) is 4.15. The van der Waals surface area contributed by atoms with Gasteiger partial charge in [0, 0.05) is 12.6 Å². The Hall–Kier alpha value is -0.570. The Bertz CT molecular complexity index is 243. The minimum absolute atomic E-state index is 0.149. The Morgan fingerprint density at radius 1 is 1.29 bits per heavy atom. The third-order valence-corrected chi connectivity index (χ3v) is 4.15. The Kier molecular flexibility index (Phi) is 5.44. The standard InChI is InChI=1S/C14H28N2O/c1-11(2)14(3,4)10-15-9-13(17)16-12-7-5-6-8-12/h11-12,15H,5-10H2,1-4H3,(H,16,17). The molecule has 100 valence electrons. The zero-order valence-electron chi connectivity index (χ0n) is 11.8. The van der Waals surface area contributed by atoms with Crippen LogP contribution in [0.4, 0.5) is 0 Å². The molecule has 0 aromatic heterocycles. The van der Waals surface area contributed by atoms with Gasteiger partial charge in [-0.3, -0.25) is 4.79 Å². The van der Waals surface area contributed by atoms with Crippen molar-refractivity contribution in [3.8, 4) is 0 Å². The van der Waals surface area contributed by atoms with E-state index in [-0.39, 0.29) is 11.3 Å². The molecule has 0 bridgehead atoms. The zero-order chi connectivity index (χ0) is 12.9. The molecule has 2 N–H and O–H groups in total. The van der Waals surface area contributed by atoms with E-state index in [9.17, 15) is 4.79 Å². The molecule has 0 atom stereocenters. The lowest BCUT2D eigenvalue weighted by molar-refractivity contribution is -0.121. The van der Waals surface area contributed by atoms with Crippen LogP contribution in [0.1, 0.15) is 53.4 Å². The first-order valence-corrected chi connectivity index (χ1v) is 6.92. The first kappa shape index (κ1) is 14.5. The van der Waals surface area contributed by atoms with Crippen LogP contribution < -0.4 is 10.6 Å². The molecule has 1 aliphatic rings. The van der Waals surface area contributed by atoms with Gasteiger partial charge in [-0.05, 0) is 24.2 Å². The summed E-state index contributed by atoms with van der Waals surface area (Å²) < 4.78 is 0. The van der Waals surface area contributed by atoms with Crippen LogP contribution in [0.5, 0.6) is 0 Å². The number of carbonyl (C=O) groups is 1. The fraction of sp³-hybridized carbons (Fsp3) is 0.929. The highest BCUT2D eigenvalue weighted by Gasteiger charge is 2.22. The molecular weight excluding hydrogens is 212 g/mol. The van der Waals surface area contributed by atoms with E-state index >= 15 is 0 Å². The van der Waals surface area contributed by atoms with Gasteiger partial charge >= 0.3 is 0 Å². The van der Waals surface area contributed by atoms with Crippen LogP contribution in [-0.2, 0) is 4.79 Å². The lowest BCUT2D eigenvalue weighted by atomic mass is 9.81. The lowest BCUT2D eigenvalue weighted by Gasteiger charge is -2.29. The maximum Gasteiger partial charge on any atom is 0.234 e. The topological polar surface area (TPSA) is 41.1 Å². The molecule has 0 saturated heterocycles. The molecule has 3 heteroatoms. The van der Waals surface area contributed by atoms with Gasteiger partial charge in [0.15, 0.2) is 0 Å². The van der Waals surface area contributed by atoms with Crippen molar-refractivity contribution >= 4 is 5.91 Å². The quantitative estimate of drug-likeness (QED) is 0.748. The van der Waals surface area contributed by atoms with E-state index in [1.54, 1.807) is 0 Å². The second-order valence-electron chi connectivity index (χ2n) is 6.30. The summed E-state index contributed by atoms with van der Waals surface area (Å²) in [5.41, 5.74) is 0.244. The molecule has 0 aliphatic heterocycles. The number of hydrogen-bond acceptors (Lipinski definition) is 2. The maximum absolute atomic E-state index is 11.7. The van der Waals surface area contributed by atoms with Gasteiger partial charge in [0.2, 0.25) is 5.91 Å². The van der Waals surface area contributed by atoms with Crippen LogP contribution in [0.25, 0.3) is 0 Å². The largest absolute Gasteiger partial charge is 0.352 e. The highest BCUT2D eigenvalue weighted by atomic mass is 16.1. The van der Waals surface area contributed by atoms with Gasteiger partial charge in [-0.15, -0.1) is 0 Å². The van der Waals surface area contributed by atoms with E-state index in [0.29, 0.717) is 18.5 Å². The minimum Gasteiger partial charge on any atom is -0.352 e. The lowest BCUT2D eigenvalue weighted by Crippen LogP contribution is -2.42. The fourth-order valence-corrected chi connectivity index (χ4v) is 2.05. The predicted molar refractivity (Wildman–Crippen MR) is 71.9 cm³/mol. The minimum atomic E-state index is 0.149. The van der Waals surface area contributed by atoms with Crippen LogP contribution in [0.15, 0.2) is 0 Å². The third kappa shape index (κ3) is 5.07. The van der Waals surface area contributed by atoms with E-state index < -0.39 is 0 Å². The van der Waals surface area contributed by atoms with E-state index in [4.69, 9.17) is 0 Å². The molecule has 1 rings (SSSR count). The van der Waals surface area contributed by atoms with Crippen LogP contribution in [0.2, 0.25) is 0 Å². The monoisotopic (exact) mass is 240 g/mol. The van der Waals surface area contributed by atoms with Crippen molar-refractivity contribution in [2.75, 3.05) is 13.1 Å². The molecular formula is C14H28N2O. The van der Waals surface area contributed by atoms with E-state index in [1.807, 2.05) is 0 Å². The van der Waals surface area contributed by atoms with E-state index in [0.717, 1.165) is 19.4 Å². The number of rotatable bonds is 6. The van der Waals surface area contributed by atoms with Gasteiger partial charge in [-0.2, -0.15) is 0 Å². The summed E-state index contributed by atoms with van der Waals surface area (Å²) in [6.07, 6.45) is 4.84. The number of carbonyl (C=O) groups excluding carboxylic acids is 1. The van der Waals surface area contributed by atoms with Gasteiger partial charge in [0.05, 0.1) is 6.54 Å². The molecule has 1 fully saturated rings. The van der Waals surface area contributed by atoms with Crippen LogP contribution >= 0.6 is 0 Å². The van der Waals surface area contributed by atoms with Crippen molar-refractivity contribution in [2.24, 2.45) is 11.3 Å². The Balaban J connectivity index is 2.15. The molecule has 1 saturated carbocycles. The number of nitrogens with one attached hydrogen (secondary N) is 2. The van der Waals surface area contributed by atoms with Crippen molar-refractivity contribution in [1.29, 1.82) is 0 Å². The maximum atomic E-state index is 11.7. The van der Waals surface area contributed by atoms with Gasteiger partial charge in [0.1, 0.15) is 0 Å². The average molecular weight is 240 g/mol. The van der Waals surface area contributed by atoms with Gasteiger partial charge in [0.25, 0.3) is 0 Å². The van der Waals surface area contributed by atoms with Crippen LogP contribution in [0.3, 0.4) is 0 Å². The SMILES string of the molecule is CC(C)C(C)(C)CNCC(=O)NC1CCCC1. The van der Waals surface area contributed by atoms with Gasteiger partial charge in [-0.1, -0.05) is 40.5 Å². The molecule has 0 aromatic carbocycles. The Labute approximate surface area is 106 Å². The summed E-state index contributed by atoms with van der Waals surface area (Å²) in [5, 5.41) is 6.36. The van der Waals surface area contributed by atoms with Crippen molar-refractivity contribution < 1.29 is 4.79 Å². The number of amides is 1. The molecule has 1 amide bonds. The van der Waals surface area contributed by atoms with Gasteiger partial charge < -0.3 is 10.6 Å². The smallest absolute Gasteiger partial charge is 0.234 e. The highest BCUT2D eigenvalue weighted by Crippen LogP contribution is 2.24. The molecule has 1 aliphatic carbocycles. The number of hydrogen-bond donors (Lipinski definition) is 2. The molecule has 0 spiro atoms. The fourth-order valence-electron chi connectivity index (χ4n) is 2.05. The first-order chi connectivity index (χ1) is 7.92. The van der Waals surface area contributed by atoms with Gasteiger partial charge in [-0.25, -0.2) is 0 Å². The van der Waals surface area contributed by atoms with Crippen molar-refractivity contribution in [1.82, 2.24) is 10.6 Å². The van der Waals surface area contributed by atoms with Crippen molar-refractivity contribution in [3.63, 3.8) is 0 Å². The molecule has 0 radical (unpaired) electrons. The van der Waals surface area contributed by atoms with E-state index in [1.165, 1.54) is 12.8 Å². The molecule has 3 nitrogen and oxygen atoms in total. The van der Waals surface area contributed by atoms with Crippen molar-refractivity contribution in [3.05, 3.63) is 0 Å². The van der Waals surface area contributed by atoms with Crippen LogP contribution in [-0.4, -0.2) is 25.0 Å². The summed E-state index contributed by atoms with van der Waals surface area (Å²) in [7, 11) is 0. The summed E-state index contributed by atoms with van der Waals surface area (Å²) in [6, 6.07) is 0.433. The normalized spacial score (nSPS) is 17.7. The average Bonchev–Trinajstić information content (AvgIpc) is 2.69. The summed E-state index contributed by atoms with van der Waals surface area (Å²) in [5.74, 6) is 0.768. The molecule has 0 aromatic rings. The summed E-state index contributed by atoms with van der Waals surface area (Å²) >= 11 is 0. The summed E-state index contributed by atoms with van der Waals surface area (Å²) in [4.78, 5) is 11.7. The zero-order valence-corrected chi connectivity index (χ0v) is 11.8. The first-order valence-electron chi connectivity index (χ1n) is 6.92. The van der Waals surface area contributed by atoms with Crippen molar-refractivity contribution in [2.45, 2.75) is 59.4 Å². The Morgan fingerprint density at radius 2 is 1.88 bits per heavy atom. The summed E-state index contributed by atoms with van der Waals surface area (Å²) in [6.45, 7) is 10.3. The van der Waals surface area contributed by atoms with E-state index in [2.05, 4.69) is 38.3 Å². The second-order valence-corrected chi connectivity index (χ2v) is 6.30. The molecule has 17 heavy (non-hydrogen) atoms.